The Balaban J connectivity index is 1.44. The average molecular weight is 442 g/mol. The van der Waals surface area contributed by atoms with Gasteiger partial charge in [-0.3, -0.25) is 4.98 Å². The lowest BCUT2D eigenvalue weighted by Crippen LogP contribution is -2.64. The highest BCUT2D eigenvalue weighted by Crippen LogP contribution is 2.47. The van der Waals surface area contributed by atoms with E-state index in [1.807, 2.05) is 6.07 Å². The van der Waals surface area contributed by atoms with Crippen LogP contribution in [-0.4, -0.2) is 69.1 Å². The number of nitrogens with zero attached hydrogens (tertiary/aromatic N) is 5. The summed E-state index contributed by atoms with van der Waals surface area (Å²) in [6, 6.07) is 3.97. The first-order chi connectivity index (χ1) is 15.2. The number of benzene rings is 1. The van der Waals surface area contributed by atoms with Crippen LogP contribution in [0.3, 0.4) is 0 Å². The number of ether oxygens (including phenoxy) is 1. The third-order valence-corrected chi connectivity index (χ3v) is 6.73. The molecule has 10 heteroatoms. The molecule has 2 N–H and O–H groups in total. The van der Waals surface area contributed by atoms with Crippen molar-refractivity contribution < 1.29 is 18.6 Å². The number of aromatic nitrogens is 4. The fourth-order valence-electron chi connectivity index (χ4n) is 5.18. The first-order valence-electron chi connectivity index (χ1n) is 10.4. The summed E-state index contributed by atoms with van der Waals surface area (Å²) in [4.78, 5) is 10.2. The number of hydrogen-bond donors (Lipinski definition) is 2. The monoisotopic (exact) mass is 442 g/mol. The molecule has 4 atom stereocenters. The summed E-state index contributed by atoms with van der Waals surface area (Å²) in [5.74, 6) is -2.06. The molecule has 4 heterocycles. The van der Waals surface area contributed by atoms with Crippen molar-refractivity contribution in [2.75, 3.05) is 19.1 Å². The Morgan fingerprint density at radius 3 is 2.75 bits per heavy atom. The van der Waals surface area contributed by atoms with E-state index in [-0.39, 0.29) is 30.5 Å². The number of aromatic hydroxyl groups is 1. The Morgan fingerprint density at radius 1 is 1.22 bits per heavy atom. The van der Waals surface area contributed by atoms with Crippen LogP contribution in [0.15, 0.2) is 36.8 Å². The van der Waals surface area contributed by atoms with Gasteiger partial charge in [-0.15, -0.1) is 10.2 Å². The minimum atomic E-state index is -2.79. The molecular formula is C22H24F2N6O2. The molecule has 0 aliphatic carbocycles. The van der Waals surface area contributed by atoms with Crippen LogP contribution in [0.4, 0.5) is 14.6 Å². The van der Waals surface area contributed by atoms with Crippen molar-refractivity contribution in [3.05, 3.63) is 36.8 Å². The van der Waals surface area contributed by atoms with Crippen LogP contribution in [0.1, 0.15) is 19.8 Å². The highest BCUT2D eigenvalue weighted by atomic mass is 19.3. The fourth-order valence-corrected chi connectivity index (χ4v) is 5.18. The maximum absolute atomic E-state index is 14.5. The molecule has 32 heavy (non-hydrogen) atoms. The summed E-state index contributed by atoms with van der Waals surface area (Å²) < 4.78 is 34.6. The molecule has 2 saturated heterocycles. The maximum atomic E-state index is 14.5. The van der Waals surface area contributed by atoms with Crippen molar-refractivity contribution in [3.63, 3.8) is 0 Å². The number of halogens is 2. The van der Waals surface area contributed by atoms with Crippen LogP contribution in [0.5, 0.6) is 5.75 Å². The molecule has 5 rings (SSSR count). The number of rotatable bonds is 4. The van der Waals surface area contributed by atoms with E-state index in [1.54, 1.807) is 50.5 Å². The van der Waals surface area contributed by atoms with E-state index in [2.05, 4.69) is 25.5 Å². The molecule has 0 spiro atoms. The number of phenolic OH excluding ortho intramolecular Hbond substituents is 1. The maximum Gasteiger partial charge on any atom is 0.265 e. The molecule has 1 unspecified atom stereocenters. The molecule has 8 nitrogen and oxygen atoms in total. The van der Waals surface area contributed by atoms with Gasteiger partial charge in [0.25, 0.3) is 5.92 Å². The first-order valence-corrected chi connectivity index (χ1v) is 10.4. The molecule has 2 aliphatic heterocycles. The van der Waals surface area contributed by atoms with Gasteiger partial charge in [0, 0.05) is 43.9 Å². The topological polar surface area (TPSA) is 96.3 Å². The molecule has 0 radical (unpaired) electrons. The second-order valence-corrected chi connectivity index (χ2v) is 8.85. The van der Waals surface area contributed by atoms with E-state index in [1.165, 1.54) is 6.20 Å². The second kappa shape index (κ2) is 7.28. The number of pyridine rings is 1. The zero-order valence-electron chi connectivity index (χ0n) is 18.0. The smallest absolute Gasteiger partial charge is 0.265 e. The van der Waals surface area contributed by atoms with Crippen molar-refractivity contribution in [2.45, 2.75) is 49.4 Å². The first kappa shape index (κ1) is 20.9. The lowest BCUT2D eigenvalue weighted by atomic mass is 9.85. The van der Waals surface area contributed by atoms with Crippen molar-refractivity contribution in [1.29, 1.82) is 0 Å². The average Bonchev–Trinajstić information content (AvgIpc) is 2.96. The molecule has 2 fully saturated rings. The largest absolute Gasteiger partial charge is 0.507 e. The Hall–Kier alpha value is -2.98. The van der Waals surface area contributed by atoms with Crippen LogP contribution in [0.25, 0.3) is 22.2 Å². The molecule has 2 bridgehead atoms. The lowest BCUT2D eigenvalue weighted by molar-refractivity contribution is -0.0139. The summed E-state index contributed by atoms with van der Waals surface area (Å²) >= 11 is 0. The van der Waals surface area contributed by atoms with Crippen LogP contribution in [0, 0.1) is 0 Å². The summed E-state index contributed by atoms with van der Waals surface area (Å²) in [5.41, 5.74) is -0.389. The zero-order chi connectivity index (χ0) is 22.7. The van der Waals surface area contributed by atoms with Crippen molar-refractivity contribution in [1.82, 2.24) is 25.5 Å². The molecule has 3 aromatic rings. The van der Waals surface area contributed by atoms with Gasteiger partial charge < -0.3 is 20.1 Å². The predicted molar refractivity (Wildman–Crippen MR) is 115 cm³/mol. The highest BCUT2D eigenvalue weighted by molar-refractivity contribution is 5.88. The third kappa shape index (κ3) is 3.25. The number of phenols is 1. The van der Waals surface area contributed by atoms with E-state index in [9.17, 15) is 13.9 Å². The second-order valence-electron chi connectivity index (χ2n) is 8.85. The highest BCUT2D eigenvalue weighted by Gasteiger charge is 2.63. The minimum Gasteiger partial charge on any atom is -0.507 e. The van der Waals surface area contributed by atoms with Gasteiger partial charge in [-0.05, 0) is 36.9 Å². The Morgan fingerprint density at radius 2 is 2.03 bits per heavy atom. The quantitative estimate of drug-likeness (QED) is 0.637. The van der Waals surface area contributed by atoms with Gasteiger partial charge in [0.15, 0.2) is 11.6 Å². The summed E-state index contributed by atoms with van der Waals surface area (Å²) in [5, 5.41) is 23.6. The summed E-state index contributed by atoms with van der Waals surface area (Å²) in [6.45, 7) is 1.78. The third-order valence-electron chi connectivity index (χ3n) is 6.73. The van der Waals surface area contributed by atoms with Gasteiger partial charge in [-0.2, -0.15) is 0 Å². The van der Waals surface area contributed by atoms with Gasteiger partial charge in [0.2, 0.25) is 0 Å². The van der Waals surface area contributed by atoms with Gasteiger partial charge in [-0.1, -0.05) is 0 Å². The van der Waals surface area contributed by atoms with Gasteiger partial charge >= 0.3 is 0 Å². The molecule has 0 amide bonds. The number of methoxy groups -OCH3 is 1. The summed E-state index contributed by atoms with van der Waals surface area (Å²) in [7, 11) is 3.33. The van der Waals surface area contributed by atoms with Gasteiger partial charge in [0.1, 0.15) is 5.75 Å². The van der Waals surface area contributed by atoms with E-state index in [4.69, 9.17) is 4.74 Å². The van der Waals surface area contributed by atoms with E-state index in [0.29, 0.717) is 11.4 Å². The standard InChI is InChI=1S/C22H24F2N6O2/c1-21-11-22(23,24)17(27-21)8-15(19(21)32-3)30(2)18-10-26-20(29-28-18)14-6-12-4-5-25-9-13(12)7-16(14)31/h4-7,9-10,15,17,19,27,31H,8,11H2,1-3H3/t15-,17?,19+,21+/m0/s1. The molecule has 168 valence electrons. The molecule has 1 aromatic carbocycles. The van der Waals surface area contributed by atoms with E-state index in [0.717, 1.165) is 10.8 Å². The molecule has 2 aliphatic rings. The number of fused-ring (bicyclic) bond motifs is 3. The van der Waals surface area contributed by atoms with Crippen LogP contribution in [0.2, 0.25) is 0 Å². The normalized spacial score (nSPS) is 28.7. The van der Waals surface area contributed by atoms with Gasteiger partial charge in [-0.25, -0.2) is 13.8 Å². The van der Waals surface area contributed by atoms with Crippen molar-refractivity contribution in [3.8, 4) is 17.1 Å². The lowest BCUT2D eigenvalue weighted by Gasteiger charge is -2.46. The Labute approximate surface area is 183 Å². The van der Waals surface area contributed by atoms with Crippen molar-refractivity contribution >= 4 is 16.6 Å². The Kier molecular flexibility index (Phi) is 4.75. The van der Waals surface area contributed by atoms with Gasteiger partial charge in [0.05, 0.1) is 29.9 Å². The number of alkyl halides is 2. The Bertz CT molecular complexity index is 1160. The predicted octanol–water partition coefficient (Wildman–Crippen LogP) is 2.77. The van der Waals surface area contributed by atoms with Crippen molar-refractivity contribution in [2.24, 2.45) is 0 Å². The molecular weight excluding hydrogens is 418 g/mol. The number of hydrogen-bond acceptors (Lipinski definition) is 8. The van der Waals surface area contributed by atoms with E-state index >= 15 is 0 Å². The summed E-state index contributed by atoms with van der Waals surface area (Å²) in [6.07, 6.45) is 4.35. The molecule has 2 aromatic heterocycles. The van der Waals surface area contributed by atoms with E-state index < -0.39 is 23.6 Å². The number of piperidine rings is 1. The zero-order valence-corrected chi connectivity index (χ0v) is 18.0. The minimum absolute atomic E-state index is 0.0259. The van der Waals surface area contributed by atoms with Crippen LogP contribution >= 0.6 is 0 Å². The number of nitrogens with one attached hydrogen (secondary N) is 1. The van der Waals surface area contributed by atoms with Crippen LogP contribution in [-0.2, 0) is 4.74 Å². The molecule has 0 saturated carbocycles. The number of anilines is 1. The van der Waals surface area contributed by atoms with Crippen LogP contribution < -0.4 is 10.2 Å². The number of likely N-dealkylation sites (N-methyl/N-ethyl adjacent to an activating group) is 1. The SMILES string of the molecule is CO[C@@H]1[C@@H](N(C)c2cnc(-c3cc4ccncc4cc3O)nn2)CC2N[C@]1(C)CC2(F)F. The fraction of sp³-hybridized carbons (Fsp3) is 0.455.